The van der Waals surface area contributed by atoms with Crippen LogP contribution in [0.4, 0.5) is 5.82 Å². The first-order chi connectivity index (χ1) is 8.33. The van der Waals surface area contributed by atoms with E-state index in [1.807, 2.05) is 25.1 Å². The first-order valence-electron chi connectivity index (χ1n) is 5.52. The summed E-state index contributed by atoms with van der Waals surface area (Å²) in [5, 5.41) is 3.35. The molecule has 2 rings (SSSR count). The lowest BCUT2D eigenvalue weighted by Crippen LogP contribution is -2.24. The number of pyridine rings is 1. The summed E-state index contributed by atoms with van der Waals surface area (Å²) in [7, 11) is 0. The fourth-order valence-corrected chi connectivity index (χ4v) is 1.72. The predicted molar refractivity (Wildman–Crippen MR) is 66.2 cm³/mol. The van der Waals surface area contributed by atoms with Crippen LogP contribution < -0.4 is 11.1 Å². The van der Waals surface area contributed by atoms with E-state index in [-0.39, 0.29) is 6.04 Å². The molecule has 88 valence electrons. The Hall–Kier alpha value is -2.01. The van der Waals surface area contributed by atoms with Gasteiger partial charge in [0.05, 0.1) is 11.7 Å². The highest BCUT2D eigenvalue weighted by Gasteiger charge is 2.16. The van der Waals surface area contributed by atoms with Crippen molar-refractivity contribution >= 4 is 5.82 Å². The minimum atomic E-state index is -0.0447. The van der Waals surface area contributed by atoms with Crippen molar-refractivity contribution in [2.75, 3.05) is 12.3 Å². The maximum atomic E-state index is 5.89. The minimum Gasteiger partial charge on any atom is -0.383 e. The largest absolute Gasteiger partial charge is 0.383 e. The quantitative estimate of drug-likeness (QED) is 0.822. The standard InChI is InChI=1S/C12H15N5/c1-2-15-11(10-5-7-14-8-17-10)9-4-3-6-16-12(9)13/h3-8,11,15H,2H2,1H3,(H2,13,16). The highest BCUT2D eigenvalue weighted by molar-refractivity contribution is 5.44. The molecular formula is C12H15N5. The molecule has 5 nitrogen and oxygen atoms in total. The van der Waals surface area contributed by atoms with E-state index in [4.69, 9.17) is 5.73 Å². The van der Waals surface area contributed by atoms with E-state index in [1.54, 1.807) is 12.4 Å². The van der Waals surface area contributed by atoms with E-state index in [2.05, 4.69) is 20.3 Å². The lowest BCUT2D eigenvalue weighted by Gasteiger charge is -2.18. The van der Waals surface area contributed by atoms with Gasteiger partial charge >= 0.3 is 0 Å². The van der Waals surface area contributed by atoms with Crippen molar-refractivity contribution in [2.24, 2.45) is 0 Å². The maximum absolute atomic E-state index is 5.89. The molecule has 2 aromatic heterocycles. The Morgan fingerprint density at radius 1 is 1.29 bits per heavy atom. The molecule has 0 aliphatic carbocycles. The molecule has 2 aromatic rings. The number of rotatable bonds is 4. The third kappa shape index (κ3) is 2.57. The molecule has 0 aliphatic rings. The second kappa shape index (κ2) is 5.36. The number of nitrogens with two attached hydrogens (primary N) is 1. The second-order valence-electron chi connectivity index (χ2n) is 3.60. The van der Waals surface area contributed by atoms with Crippen molar-refractivity contribution in [3.63, 3.8) is 0 Å². The summed E-state index contributed by atoms with van der Waals surface area (Å²) < 4.78 is 0. The maximum Gasteiger partial charge on any atom is 0.128 e. The Balaban J connectivity index is 2.39. The highest BCUT2D eigenvalue weighted by Crippen LogP contribution is 2.23. The van der Waals surface area contributed by atoms with Crippen LogP contribution in [0.5, 0.6) is 0 Å². The monoisotopic (exact) mass is 229 g/mol. The second-order valence-corrected chi connectivity index (χ2v) is 3.60. The highest BCUT2D eigenvalue weighted by atomic mass is 15.0. The van der Waals surface area contributed by atoms with Crippen LogP contribution in [0.25, 0.3) is 0 Å². The molecule has 5 heteroatoms. The van der Waals surface area contributed by atoms with E-state index in [0.717, 1.165) is 17.8 Å². The Morgan fingerprint density at radius 3 is 2.82 bits per heavy atom. The van der Waals surface area contributed by atoms with Crippen LogP contribution >= 0.6 is 0 Å². The van der Waals surface area contributed by atoms with E-state index < -0.39 is 0 Å². The summed E-state index contributed by atoms with van der Waals surface area (Å²) in [5.41, 5.74) is 7.72. The lowest BCUT2D eigenvalue weighted by atomic mass is 10.0. The summed E-state index contributed by atoms with van der Waals surface area (Å²) in [4.78, 5) is 12.3. The predicted octanol–water partition coefficient (Wildman–Crippen LogP) is 1.15. The number of nitrogen functional groups attached to an aromatic ring is 1. The zero-order valence-electron chi connectivity index (χ0n) is 9.67. The van der Waals surface area contributed by atoms with Gasteiger partial charge < -0.3 is 11.1 Å². The van der Waals surface area contributed by atoms with Crippen molar-refractivity contribution in [1.82, 2.24) is 20.3 Å². The molecule has 0 saturated carbocycles. The topological polar surface area (TPSA) is 76.7 Å². The van der Waals surface area contributed by atoms with Crippen LogP contribution in [0.15, 0.2) is 36.9 Å². The van der Waals surface area contributed by atoms with Gasteiger partial charge in [-0.05, 0) is 18.7 Å². The molecule has 0 radical (unpaired) electrons. The summed E-state index contributed by atoms with van der Waals surface area (Å²) in [5.74, 6) is 0.525. The Bertz CT molecular complexity index is 471. The smallest absolute Gasteiger partial charge is 0.128 e. The summed E-state index contributed by atoms with van der Waals surface area (Å²) >= 11 is 0. The molecule has 1 atom stereocenters. The molecule has 1 unspecified atom stereocenters. The first-order valence-corrected chi connectivity index (χ1v) is 5.52. The van der Waals surface area contributed by atoms with E-state index in [0.29, 0.717) is 5.82 Å². The molecule has 0 saturated heterocycles. The van der Waals surface area contributed by atoms with E-state index >= 15 is 0 Å². The van der Waals surface area contributed by atoms with E-state index in [9.17, 15) is 0 Å². The minimum absolute atomic E-state index is 0.0447. The molecular weight excluding hydrogens is 214 g/mol. The van der Waals surface area contributed by atoms with Gasteiger partial charge in [0.15, 0.2) is 0 Å². The number of nitrogens with one attached hydrogen (secondary N) is 1. The van der Waals surface area contributed by atoms with Crippen LogP contribution in [0.3, 0.4) is 0 Å². The first kappa shape index (κ1) is 11.5. The van der Waals surface area contributed by atoms with Gasteiger partial charge in [-0.1, -0.05) is 13.0 Å². The van der Waals surface area contributed by atoms with Crippen molar-refractivity contribution in [3.05, 3.63) is 48.2 Å². The number of hydrogen-bond acceptors (Lipinski definition) is 5. The van der Waals surface area contributed by atoms with Crippen LogP contribution in [0.2, 0.25) is 0 Å². The molecule has 0 aliphatic heterocycles. The van der Waals surface area contributed by atoms with Crippen molar-refractivity contribution in [3.8, 4) is 0 Å². The van der Waals surface area contributed by atoms with Gasteiger partial charge in [-0.25, -0.2) is 15.0 Å². The van der Waals surface area contributed by atoms with Crippen LogP contribution in [-0.4, -0.2) is 21.5 Å². The number of nitrogens with zero attached hydrogens (tertiary/aromatic N) is 3. The van der Waals surface area contributed by atoms with Gasteiger partial charge in [0.1, 0.15) is 12.1 Å². The van der Waals surface area contributed by atoms with Gasteiger partial charge in [0, 0.05) is 18.0 Å². The molecule has 2 heterocycles. The number of aromatic nitrogens is 3. The zero-order chi connectivity index (χ0) is 12.1. The average Bonchev–Trinajstić information content (AvgIpc) is 2.38. The van der Waals surface area contributed by atoms with Gasteiger partial charge in [-0.3, -0.25) is 0 Å². The normalized spacial score (nSPS) is 12.3. The van der Waals surface area contributed by atoms with E-state index in [1.165, 1.54) is 6.33 Å². The van der Waals surface area contributed by atoms with Gasteiger partial charge in [0.25, 0.3) is 0 Å². The Morgan fingerprint density at radius 2 is 2.18 bits per heavy atom. The SMILES string of the molecule is CCNC(c1ccncn1)c1cccnc1N. The van der Waals surface area contributed by atoms with Crippen molar-refractivity contribution < 1.29 is 0 Å². The molecule has 0 amide bonds. The molecule has 0 aromatic carbocycles. The number of hydrogen-bond donors (Lipinski definition) is 2. The fourth-order valence-electron chi connectivity index (χ4n) is 1.72. The lowest BCUT2D eigenvalue weighted by molar-refractivity contribution is 0.614. The summed E-state index contributed by atoms with van der Waals surface area (Å²) in [6.45, 7) is 2.86. The van der Waals surface area contributed by atoms with Crippen LogP contribution in [-0.2, 0) is 0 Å². The molecule has 0 spiro atoms. The number of anilines is 1. The molecule has 3 N–H and O–H groups in total. The van der Waals surface area contributed by atoms with Gasteiger partial charge in [-0.2, -0.15) is 0 Å². The molecule has 17 heavy (non-hydrogen) atoms. The summed E-state index contributed by atoms with van der Waals surface area (Å²) in [6, 6.07) is 5.66. The fraction of sp³-hybridized carbons (Fsp3) is 0.250. The zero-order valence-corrected chi connectivity index (χ0v) is 9.67. The summed E-state index contributed by atoms with van der Waals surface area (Å²) in [6.07, 6.45) is 4.94. The Kier molecular flexibility index (Phi) is 3.62. The third-order valence-corrected chi connectivity index (χ3v) is 2.49. The van der Waals surface area contributed by atoms with Gasteiger partial charge in [0.2, 0.25) is 0 Å². The Labute approximate surface area is 100 Å². The van der Waals surface area contributed by atoms with Crippen LogP contribution in [0, 0.1) is 0 Å². The van der Waals surface area contributed by atoms with Crippen molar-refractivity contribution in [2.45, 2.75) is 13.0 Å². The molecule has 0 fully saturated rings. The van der Waals surface area contributed by atoms with Gasteiger partial charge in [-0.15, -0.1) is 0 Å². The van der Waals surface area contributed by atoms with Crippen LogP contribution in [0.1, 0.15) is 24.2 Å². The van der Waals surface area contributed by atoms with Crippen molar-refractivity contribution in [1.29, 1.82) is 0 Å². The molecule has 0 bridgehead atoms. The third-order valence-electron chi connectivity index (χ3n) is 2.49. The average molecular weight is 229 g/mol.